The maximum absolute atomic E-state index is 6.13. The molecule has 0 spiro atoms. The summed E-state index contributed by atoms with van der Waals surface area (Å²) in [5.74, 6) is 1.77. The van der Waals surface area contributed by atoms with E-state index in [0.717, 1.165) is 0 Å². The smallest absolute Gasteiger partial charge is 0.151 e. The van der Waals surface area contributed by atoms with Crippen LogP contribution in [0, 0.1) is 0 Å². The molecule has 0 bridgehead atoms. The van der Waals surface area contributed by atoms with Crippen molar-refractivity contribution in [3.05, 3.63) is 0 Å². The molecule has 26 valence electrons. The maximum Gasteiger partial charge on any atom is 0.151 e. The third kappa shape index (κ3) is 1.92. The molecular weight excluding hydrogens is 54.0 g/mol. The summed E-state index contributed by atoms with van der Waals surface area (Å²) in [5, 5.41) is 0. The molecule has 0 radical (unpaired) electrons. The Bertz CT molecular complexity index is 17.1. The molecule has 0 saturated heterocycles. The molecule has 0 amide bonds. The van der Waals surface area contributed by atoms with Crippen molar-refractivity contribution in [2.45, 2.75) is 6.92 Å². The van der Waals surface area contributed by atoms with Crippen LogP contribution in [-0.4, -0.2) is 6.61 Å². The van der Waals surface area contributed by atoms with Gasteiger partial charge >= 0.3 is 0 Å². The van der Waals surface area contributed by atoms with Gasteiger partial charge in [-0.15, -0.1) is 0 Å². The Morgan fingerprint density at radius 1 is 2.50 bits per heavy atom. The molecule has 0 rings (SSSR count). The topological polar surface area (TPSA) is 35.2 Å². The van der Waals surface area contributed by atoms with E-state index in [1.54, 1.807) is 5.89 Å². The average Bonchev–Trinajstić information content (AvgIpc) is 1.41. The molecule has 0 unspecified atom stereocenters. The molecular formula is C2H7NO. The van der Waals surface area contributed by atoms with Crippen molar-refractivity contribution < 1.29 is 6.25 Å². The van der Waals surface area contributed by atoms with Crippen molar-refractivity contribution in [1.29, 1.82) is 0 Å². The van der Waals surface area contributed by atoms with E-state index in [4.69, 9.17) is 1.41 Å². The molecule has 2 heteroatoms. The third-order valence-corrected chi connectivity index (χ3v) is 0.144. The van der Waals surface area contributed by atoms with Crippen LogP contribution in [0.25, 0.3) is 0 Å². The second kappa shape index (κ2) is 2.92. The molecule has 0 heterocycles. The average molecular weight is 62.1 g/mol. The van der Waals surface area contributed by atoms with Crippen LogP contribution < -0.4 is 5.89 Å². The summed E-state index contributed by atoms with van der Waals surface area (Å²) in [4.78, 5) is 4.25. The molecule has 0 atom stereocenters. The van der Waals surface area contributed by atoms with Gasteiger partial charge in [0.1, 0.15) is 0 Å². The minimum absolute atomic E-state index is 0.545. The second-order valence-electron chi connectivity index (χ2n) is 0.433. The van der Waals surface area contributed by atoms with Crippen LogP contribution in [0.4, 0.5) is 0 Å². The Labute approximate surface area is 27.0 Å². The lowest BCUT2D eigenvalue weighted by molar-refractivity contribution is 0.152. The molecule has 4 heavy (non-hydrogen) atoms. The van der Waals surface area contributed by atoms with Gasteiger partial charge in [0.05, 0.1) is 6.61 Å². The number of nitrogens with two attached hydrogens (primary N) is 1. The largest absolute Gasteiger partial charge is 0.305 e. The van der Waals surface area contributed by atoms with Gasteiger partial charge in [0.15, 0.2) is 1.41 Å². The van der Waals surface area contributed by atoms with Crippen LogP contribution in [0.1, 0.15) is 6.92 Å². The minimum atomic E-state index is 0.545. The van der Waals surface area contributed by atoms with Crippen LogP contribution in [-0.2, 0) is 4.84 Å². The van der Waals surface area contributed by atoms with Crippen LogP contribution in [0.2, 0.25) is 1.41 Å². The van der Waals surface area contributed by atoms with E-state index in [1.807, 2.05) is 6.92 Å². The van der Waals surface area contributed by atoms with E-state index in [1.165, 1.54) is 0 Å². The number of hydrogen-bond donors (Lipinski definition) is 1. The van der Waals surface area contributed by atoms with Gasteiger partial charge in [-0.1, -0.05) is 0 Å². The Morgan fingerprint density at radius 3 is 3.25 bits per heavy atom. The van der Waals surface area contributed by atoms with Crippen molar-refractivity contribution in [1.82, 2.24) is 0 Å². The van der Waals surface area contributed by atoms with Gasteiger partial charge in [-0.2, -0.15) is 0 Å². The molecule has 0 aromatic rings. The summed E-state index contributed by atoms with van der Waals surface area (Å²) in [7, 11) is 0. The van der Waals surface area contributed by atoms with E-state index in [0.29, 0.717) is 6.61 Å². The lowest BCUT2D eigenvalue weighted by Crippen LogP contribution is -1.94. The Kier molecular flexibility index (Phi) is 1.59. The van der Waals surface area contributed by atoms with E-state index < -0.39 is 0 Å². The molecule has 0 aliphatic rings. The summed E-state index contributed by atoms with van der Waals surface area (Å²) in [6.45, 7) is 2.35. The predicted molar refractivity (Wildman–Crippen MR) is 15.8 cm³/mol. The molecule has 0 aliphatic heterocycles. The first-order chi connectivity index (χ1) is 2.41. The SMILES string of the molecule is [2H]NOCC. The summed E-state index contributed by atoms with van der Waals surface area (Å²) in [6.07, 6.45) is 0. The Balaban J connectivity index is 2.19. The van der Waals surface area contributed by atoms with Gasteiger partial charge in [0.2, 0.25) is 0 Å². The summed E-state index contributed by atoms with van der Waals surface area (Å²) in [6, 6.07) is 0. The number of hydrogen-bond acceptors (Lipinski definition) is 2. The van der Waals surface area contributed by atoms with E-state index in [9.17, 15) is 0 Å². The monoisotopic (exact) mass is 62.1 g/mol. The highest BCUT2D eigenvalue weighted by molar-refractivity contribution is 3.91. The molecule has 2 N–H and O–H groups in total. The Hall–Kier alpha value is -0.0800. The van der Waals surface area contributed by atoms with Gasteiger partial charge in [-0.3, -0.25) is 0 Å². The standard InChI is InChI=1S/C2H7NO/c1-2-4-3/h2-3H2,1H3/i3D. The zero-order valence-electron chi connectivity index (χ0n) is 3.62. The van der Waals surface area contributed by atoms with Crippen LogP contribution in [0.5, 0.6) is 0 Å². The highest BCUT2D eigenvalue weighted by atomic mass is 16.6. The first-order valence-corrected chi connectivity index (χ1v) is 1.20. The molecule has 2 nitrogen and oxygen atoms in total. The van der Waals surface area contributed by atoms with E-state index in [2.05, 4.69) is 4.84 Å². The van der Waals surface area contributed by atoms with Crippen molar-refractivity contribution in [2.75, 3.05) is 6.61 Å². The highest BCUT2D eigenvalue weighted by Crippen LogP contribution is 1.46. The maximum atomic E-state index is 6.13. The first kappa shape index (κ1) is 2.18. The van der Waals surface area contributed by atoms with Gasteiger partial charge in [0.25, 0.3) is 0 Å². The van der Waals surface area contributed by atoms with Crippen LogP contribution in [0.3, 0.4) is 0 Å². The van der Waals surface area contributed by atoms with Gasteiger partial charge in [-0.05, 0) is 6.92 Å². The lowest BCUT2D eigenvalue weighted by Gasteiger charge is -1.76. The first-order valence-electron chi connectivity index (χ1n) is 1.70. The summed E-state index contributed by atoms with van der Waals surface area (Å²) in [5.41, 5.74) is 0. The zero-order valence-corrected chi connectivity index (χ0v) is 2.62. The third-order valence-electron chi connectivity index (χ3n) is 0.144. The molecule has 0 aliphatic carbocycles. The van der Waals surface area contributed by atoms with Gasteiger partial charge in [0, 0.05) is 0 Å². The van der Waals surface area contributed by atoms with Crippen molar-refractivity contribution in [3.63, 3.8) is 0 Å². The van der Waals surface area contributed by atoms with Gasteiger partial charge < -0.3 is 4.84 Å². The quantitative estimate of drug-likeness (QED) is 0.453. The molecule has 0 aromatic carbocycles. The Morgan fingerprint density at radius 2 is 3.25 bits per heavy atom. The highest BCUT2D eigenvalue weighted by Gasteiger charge is 1.52. The van der Waals surface area contributed by atoms with Crippen molar-refractivity contribution in [3.8, 4) is 0 Å². The van der Waals surface area contributed by atoms with Crippen molar-refractivity contribution >= 4 is 0 Å². The predicted octanol–water partition coefficient (Wildman–Crippen LogP) is -0.103. The van der Waals surface area contributed by atoms with E-state index >= 15 is 0 Å². The summed E-state index contributed by atoms with van der Waals surface area (Å²) >= 11 is 0. The molecule has 0 fully saturated rings. The fourth-order valence-electron chi connectivity index (χ4n) is 0. The minimum Gasteiger partial charge on any atom is -0.305 e. The van der Waals surface area contributed by atoms with Gasteiger partial charge in [-0.25, -0.2) is 5.89 Å². The van der Waals surface area contributed by atoms with E-state index in [-0.39, 0.29) is 0 Å². The second-order valence-corrected chi connectivity index (χ2v) is 0.433. The molecule has 0 aromatic heterocycles. The lowest BCUT2D eigenvalue weighted by atomic mass is 10.9. The fourth-order valence-corrected chi connectivity index (χ4v) is 0. The normalized spacial score (nSPS) is 10.8. The molecule has 0 saturated carbocycles. The summed E-state index contributed by atoms with van der Waals surface area (Å²) < 4.78 is 6.13. The van der Waals surface area contributed by atoms with Crippen molar-refractivity contribution in [2.24, 2.45) is 5.89 Å². The van der Waals surface area contributed by atoms with Crippen LogP contribution in [0.15, 0.2) is 0 Å². The van der Waals surface area contributed by atoms with Crippen LogP contribution >= 0.6 is 0 Å². The fraction of sp³-hybridized carbons (Fsp3) is 1.00. The number of rotatable bonds is 2. The zero-order chi connectivity index (χ0) is 4.12.